The maximum Gasteiger partial charge on any atom is 0.410 e. The zero-order valence-electron chi connectivity index (χ0n) is 24.2. The minimum atomic E-state index is -0.992. The number of ether oxygens (including phenoxy) is 3. The Morgan fingerprint density at radius 3 is 2.70 bits per heavy atom. The van der Waals surface area contributed by atoms with Gasteiger partial charge < -0.3 is 34.9 Å². The van der Waals surface area contributed by atoms with Gasteiger partial charge in [-0.15, -0.1) is 0 Å². The molecular weight excluding hydrogens is 516 g/mol. The molecule has 3 heterocycles. The molecule has 1 atom stereocenters. The van der Waals surface area contributed by atoms with Crippen LogP contribution < -0.4 is 10.6 Å². The van der Waals surface area contributed by atoms with Crippen LogP contribution in [0.2, 0.25) is 0 Å². The van der Waals surface area contributed by atoms with Crippen molar-refractivity contribution in [3.63, 3.8) is 0 Å². The first kappa shape index (κ1) is 29.9. The van der Waals surface area contributed by atoms with Gasteiger partial charge in [0.15, 0.2) is 0 Å². The summed E-state index contributed by atoms with van der Waals surface area (Å²) in [5, 5.41) is 15.5. The van der Waals surface area contributed by atoms with E-state index in [1.165, 1.54) is 10.5 Å². The number of rotatable bonds is 11. The van der Waals surface area contributed by atoms with E-state index in [1.54, 1.807) is 27.7 Å². The minimum absolute atomic E-state index is 0.0562. The Balaban J connectivity index is 1.08. The Hall–Kier alpha value is -3.08. The summed E-state index contributed by atoms with van der Waals surface area (Å²) in [7, 11) is 0. The van der Waals surface area contributed by atoms with Crippen molar-refractivity contribution in [2.45, 2.75) is 89.9 Å². The summed E-state index contributed by atoms with van der Waals surface area (Å²) >= 11 is 0. The standard InChI is InChI=1S/C29H44N4O7/c1-28(2,3)40-27(37)33-17-29(4,18-33)39-26(36)31-16-21(25(34)35)11-13-38-23-14-19(15-23)7-9-22-10-8-20-6-5-12-30-24(20)32-22/h8,10,19,21,23H,5-7,9,11-18H2,1-4H3,(H,30,32)(H,31,36)(H,34,35). The van der Waals surface area contributed by atoms with Gasteiger partial charge >= 0.3 is 18.2 Å². The van der Waals surface area contributed by atoms with Crippen molar-refractivity contribution < 1.29 is 33.7 Å². The molecule has 0 radical (unpaired) electrons. The van der Waals surface area contributed by atoms with E-state index < -0.39 is 35.3 Å². The third kappa shape index (κ3) is 8.46. The molecule has 1 unspecified atom stereocenters. The number of carboxylic acids is 1. The Bertz CT molecular complexity index is 1060. The summed E-state index contributed by atoms with van der Waals surface area (Å²) in [4.78, 5) is 42.3. The molecule has 1 aliphatic carbocycles. The maximum atomic E-state index is 12.3. The van der Waals surface area contributed by atoms with Gasteiger partial charge in [-0.1, -0.05) is 6.07 Å². The van der Waals surface area contributed by atoms with Gasteiger partial charge in [0.1, 0.15) is 17.0 Å². The number of anilines is 1. The molecule has 2 amide bonds. The lowest BCUT2D eigenvalue weighted by atomic mass is 9.79. The molecule has 1 aromatic rings. The number of aromatic nitrogens is 1. The van der Waals surface area contributed by atoms with Crippen LogP contribution in [-0.4, -0.2) is 83.2 Å². The second-order valence-corrected chi connectivity index (χ2v) is 12.6. The minimum Gasteiger partial charge on any atom is -0.481 e. The predicted molar refractivity (Wildman–Crippen MR) is 148 cm³/mol. The predicted octanol–water partition coefficient (Wildman–Crippen LogP) is 3.99. The number of carboxylic acid groups (broad SMARTS) is 1. The molecule has 0 aromatic carbocycles. The highest BCUT2D eigenvalue weighted by Gasteiger charge is 2.46. The first-order chi connectivity index (χ1) is 18.9. The van der Waals surface area contributed by atoms with Gasteiger partial charge in [-0.2, -0.15) is 0 Å². The molecule has 11 nitrogen and oxygen atoms in total. The molecule has 40 heavy (non-hydrogen) atoms. The van der Waals surface area contributed by atoms with Crippen molar-refractivity contribution in [3.8, 4) is 0 Å². The van der Waals surface area contributed by atoms with Crippen LogP contribution in [0.15, 0.2) is 12.1 Å². The Morgan fingerprint density at radius 1 is 1.25 bits per heavy atom. The third-order valence-electron chi connectivity index (χ3n) is 7.66. The van der Waals surface area contributed by atoms with Crippen molar-refractivity contribution in [2.24, 2.45) is 11.8 Å². The number of hydrogen-bond acceptors (Lipinski definition) is 8. The zero-order chi connectivity index (χ0) is 28.9. The SMILES string of the molecule is CC(C)(C)OC(=O)N1CC(C)(OC(=O)NCC(CCOC2CC(CCc3ccc4c(n3)NCCC4)C2)C(=O)O)C1. The molecule has 0 bridgehead atoms. The quantitative estimate of drug-likeness (QED) is 0.366. The van der Waals surface area contributed by atoms with E-state index in [9.17, 15) is 19.5 Å². The number of aryl methyl sites for hydroxylation is 2. The number of alkyl carbamates (subject to hydrolysis) is 1. The Labute approximate surface area is 236 Å². The van der Waals surface area contributed by atoms with Gasteiger partial charge in [0, 0.05) is 25.4 Å². The fourth-order valence-corrected chi connectivity index (χ4v) is 5.34. The highest BCUT2D eigenvalue weighted by atomic mass is 16.6. The van der Waals surface area contributed by atoms with E-state index in [-0.39, 0.29) is 25.7 Å². The molecule has 11 heteroatoms. The summed E-state index contributed by atoms with van der Waals surface area (Å²) in [5.41, 5.74) is 0.989. The van der Waals surface area contributed by atoms with E-state index in [0.717, 1.165) is 56.6 Å². The largest absolute Gasteiger partial charge is 0.481 e. The first-order valence-electron chi connectivity index (χ1n) is 14.4. The summed E-state index contributed by atoms with van der Waals surface area (Å²) in [5.74, 6) is -0.133. The van der Waals surface area contributed by atoms with Crippen molar-refractivity contribution in [3.05, 3.63) is 23.4 Å². The smallest absolute Gasteiger partial charge is 0.410 e. The van der Waals surface area contributed by atoms with Gasteiger partial charge in [-0.25, -0.2) is 14.6 Å². The molecular formula is C29H44N4O7. The Morgan fingerprint density at radius 2 is 2.00 bits per heavy atom. The molecule has 222 valence electrons. The number of carbonyl (C=O) groups is 3. The van der Waals surface area contributed by atoms with Crippen LogP contribution >= 0.6 is 0 Å². The van der Waals surface area contributed by atoms with Crippen molar-refractivity contribution in [1.29, 1.82) is 0 Å². The molecule has 2 aliphatic heterocycles. The summed E-state index contributed by atoms with van der Waals surface area (Å²) in [6.07, 6.45) is 5.52. The summed E-state index contributed by atoms with van der Waals surface area (Å²) < 4.78 is 16.7. The van der Waals surface area contributed by atoms with Crippen LogP contribution in [0, 0.1) is 11.8 Å². The Kier molecular flexibility index (Phi) is 9.43. The van der Waals surface area contributed by atoms with E-state index >= 15 is 0 Å². The van der Waals surface area contributed by atoms with Gasteiger partial charge in [0.2, 0.25) is 0 Å². The van der Waals surface area contributed by atoms with E-state index in [2.05, 4.69) is 22.8 Å². The number of aliphatic carboxylic acids is 1. The lowest BCUT2D eigenvalue weighted by Crippen LogP contribution is -2.64. The lowest BCUT2D eigenvalue weighted by molar-refractivity contribution is -0.142. The van der Waals surface area contributed by atoms with E-state index in [0.29, 0.717) is 18.9 Å². The first-order valence-corrected chi connectivity index (χ1v) is 14.4. The number of nitrogens with zero attached hydrogens (tertiary/aromatic N) is 2. The second kappa shape index (κ2) is 12.6. The zero-order valence-corrected chi connectivity index (χ0v) is 24.2. The maximum absolute atomic E-state index is 12.3. The molecule has 3 aliphatic rings. The van der Waals surface area contributed by atoms with E-state index in [1.807, 2.05) is 0 Å². The molecule has 1 saturated carbocycles. The second-order valence-electron chi connectivity index (χ2n) is 12.6. The normalized spacial score (nSPS) is 22.1. The number of pyridine rings is 1. The number of amides is 2. The van der Waals surface area contributed by atoms with Crippen LogP contribution in [0.25, 0.3) is 0 Å². The van der Waals surface area contributed by atoms with Crippen molar-refractivity contribution in [1.82, 2.24) is 15.2 Å². The highest BCUT2D eigenvalue weighted by Crippen LogP contribution is 2.34. The lowest BCUT2D eigenvalue weighted by Gasteiger charge is -2.46. The van der Waals surface area contributed by atoms with Gasteiger partial charge in [-0.05, 0) is 90.2 Å². The van der Waals surface area contributed by atoms with Crippen molar-refractivity contribution >= 4 is 24.0 Å². The van der Waals surface area contributed by atoms with E-state index in [4.69, 9.17) is 19.2 Å². The number of hydrogen-bond donors (Lipinski definition) is 3. The fraction of sp³-hybridized carbons (Fsp3) is 0.724. The monoisotopic (exact) mass is 560 g/mol. The summed E-state index contributed by atoms with van der Waals surface area (Å²) in [6, 6.07) is 4.33. The number of fused-ring (bicyclic) bond motifs is 1. The average Bonchev–Trinajstić information content (AvgIpc) is 2.83. The van der Waals surface area contributed by atoms with Gasteiger partial charge in [0.25, 0.3) is 0 Å². The molecule has 1 saturated heterocycles. The topological polar surface area (TPSA) is 139 Å². The average molecular weight is 561 g/mol. The van der Waals surface area contributed by atoms with Crippen LogP contribution in [0.1, 0.15) is 71.1 Å². The van der Waals surface area contributed by atoms with Crippen LogP contribution in [0.4, 0.5) is 15.4 Å². The third-order valence-corrected chi connectivity index (χ3v) is 7.66. The van der Waals surface area contributed by atoms with Gasteiger partial charge in [0.05, 0.1) is 25.1 Å². The fourth-order valence-electron chi connectivity index (χ4n) is 5.34. The van der Waals surface area contributed by atoms with Crippen molar-refractivity contribution in [2.75, 3.05) is 38.1 Å². The molecule has 2 fully saturated rings. The van der Waals surface area contributed by atoms with Crippen LogP contribution in [0.3, 0.4) is 0 Å². The molecule has 4 rings (SSSR count). The molecule has 1 aromatic heterocycles. The number of nitrogens with one attached hydrogen (secondary N) is 2. The number of likely N-dealkylation sites (tertiary alicyclic amines) is 1. The molecule has 3 N–H and O–H groups in total. The van der Waals surface area contributed by atoms with Crippen LogP contribution in [-0.2, 0) is 31.8 Å². The van der Waals surface area contributed by atoms with Gasteiger partial charge in [-0.3, -0.25) is 4.79 Å². The summed E-state index contributed by atoms with van der Waals surface area (Å²) in [6.45, 7) is 8.78. The van der Waals surface area contributed by atoms with Crippen LogP contribution in [0.5, 0.6) is 0 Å². The highest BCUT2D eigenvalue weighted by molar-refractivity contribution is 5.73. The molecule has 0 spiro atoms. The number of carbonyl (C=O) groups excluding carboxylic acids is 2.